The fourth-order valence-corrected chi connectivity index (χ4v) is 1.96. The Morgan fingerprint density at radius 2 is 2.17 bits per heavy atom. The number of halogens is 2. The second-order valence-electron chi connectivity index (χ2n) is 4.08. The summed E-state index contributed by atoms with van der Waals surface area (Å²) in [6.45, 7) is 2.67. The molecule has 1 heterocycles. The lowest BCUT2D eigenvalue weighted by Gasteiger charge is -2.08. The minimum atomic E-state index is -0.334. The average Bonchev–Trinajstić information content (AvgIpc) is 2.69. The van der Waals surface area contributed by atoms with Gasteiger partial charge in [-0.2, -0.15) is 5.10 Å². The first-order chi connectivity index (χ1) is 8.60. The number of rotatable bonds is 4. The van der Waals surface area contributed by atoms with Crippen LogP contribution in [-0.4, -0.2) is 9.78 Å². The molecule has 1 aromatic carbocycles. The lowest BCUT2D eigenvalue weighted by molar-refractivity contribution is 0.628. The van der Waals surface area contributed by atoms with Crippen molar-refractivity contribution in [3.8, 4) is 0 Å². The van der Waals surface area contributed by atoms with E-state index in [1.807, 2.05) is 17.8 Å². The van der Waals surface area contributed by atoms with Crippen LogP contribution in [-0.2, 0) is 20.0 Å². The van der Waals surface area contributed by atoms with Gasteiger partial charge in [-0.15, -0.1) is 0 Å². The van der Waals surface area contributed by atoms with Crippen molar-refractivity contribution in [2.75, 3.05) is 5.32 Å². The van der Waals surface area contributed by atoms with E-state index in [-0.39, 0.29) is 5.82 Å². The first kappa shape index (κ1) is 12.9. The van der Waals surface area contributed by atoms with Crippen LogP contribution in [0.25, 0.3) is 0 Å². The average molecular weight is 268 g/mol. The third-order valence-corrected chi connectivity index (χ3v) is 3.09. The van der Waals surface area contributed by atoms with E-state index in [1.165, 1.54) is 12.1 Å². The van der Waals surface area contributed by atoms with Crippen molar-refractivity contribution >= 4 is 17.3 Å². The molecule has 18 heavy (non-hydrogen) atoms. The van der Waals surface area contributed by atoms with Crippen LogP contribution in [0.15, 0.2) is 24.3 Å². The van der Waals surface area contributed by atoms with E-state index in [0.29, 0.717) is 11.6 Å². The summed E-state index contributed by atoms with van der Waals surface area (Å²) in [5.74, 6) is -0.334. The van der Waals surface area contributed by atoms with Crippen molar-refractivity contribution < 1.29 is 4.39 Å². The second kappa shape index (κ2) is 5.40. The number of nitrogens with one attached hydrogen (secondary N) is 1. The number of aryl methyl sites for hydroxylation is 2. The molecule has 2 aromatic rings. The van der Waals surface area contributed by atoms with Crippen molar-refractivity contribution in [3.63, 3.8) is 0 Å². The number of hydrogen-bond donors (Lipinski definition) is 1. The maximum atomic E-state index is 12.9. The van der Waals surface area contributed by atoms with E-state index in [0.717, 1.165) is 23.5 Å². The summed E-state index contributed by atoms with van der Waals surface area (Å²) in [7, 11) is 1.91. The molecule has 0 saturated carbocycles. The third kappa shape index (κ3) is 2.82. The molecule has 0 bridgehead atoms. The SMILES string of the molecule is CCc1cc(CNc2ccc(F)cc2Cl)n(C)n1. The maximum Gasteiger partial charge on any atom is 0.124 e. The first-order valence-electron chi connectivity index (χ1n) is 5.81. The van der Waals surface area contributed by atoms with Crippen LogP contribution in [0.1, 0.15) is 18.3 Å². The van der Waals surface area contributed by atoms with E-state index in [1.54, 1.807) is 6.07 Å². The van der Waals surface area contributed by atoms with Crippen molar-refractivity contribution in [2.24, 2.45) is 7.05 Å². The van der Waals surface area contributed by atoms with Crippen LogP contribution in [0.5, 0.6) is 0 Å². The Morgan fingerprint density at radius 1 is 1.39 bits per heavy atom. The van der Waals surface area contributed by atoms with Gasteiger partial charge in [-0.3, -0.25) is 4.68 Å². The number of nitrogens with zero attached hydrogens (tertiary/aromatic N) is 2. The van der Waals surface area contributed by atoms with Gasteiger partial charge in [0.05, 0.1) is 28.6 Å². The summed E-state index contributed by atoms with van der Waals surface area (Å²) in [6, 6.07) is 6.36. The summed E-state index contributed by atoms with van der Waals surface area (Å²) < 4.78 is 14.7. The molecule has 0 radical (unpaired) electrons. The van der Waals surface area contributed by atoms with Gasteiger partial charge in [0.1, 0.15) is 5.82 Å². The highest BCUT2D eigenvalue weighted by Gasteiger charge is 2.05. The largest absolute Gasteiger partial charge is 0.378 e. The highest BCUT2D eigenvalue weighted by Crippen LogP contribution is 2.23. The van der Waals surface area contributed by atoms with E-state index in [4.69, 9.17) is 11.6 Å². The van der Waals surface area contributed by atoms with Gasteiger partial charge in [-0.1, -0.05) is 18.5 Å². The Balaban J connectivity index is 2.08. The number of benzene rings is 1. The molecule has 1 aromatic heterocycles. The number of hydrogen-bond acceptors (Lipinski definition) is 2. The van der Waals surface area contributed by atoms with Gasteiger partial charge in [0, 0.05) is 7.05 Å². The molecular formula is C13H15ClFN3. The molecule has 0 amide bonds. The Kier molecular flexibility index (Phi) is 3.87. The van der Waals surface area contributed by atoms with Gasteiger partial charge >= 0.3 is 0 Å². The van der Waals surface area contributed by atoms with Crippen LogP contribution < -0.4 is 5.32 Å². The second-order valence-corrected chi connectivity index (χ2v) is 4.49. The highest BCUT2D eigenvalue weighted by atomic mass is 35.5. The third-order valence-electron chi connectivity index (χ3n) is 2.78. The molecule has 2 rings (SSSR count). The van der Waals surface area contributed by atoms with Crippen LogP contribution in [0.2, 0.25) is 5.02 Å². The zero-order chi connectivity index (χ0) is 13.1. The molecule has 3 nitrogen and oxygen atoms in total. The van der Waals surface area contributed by atoms with Gasteiger partial charge < -0.3 is 5.32 Å². The molecular weight excluding hydrogens is 253 g/mol. The van der Waals surface area contributed by atoms with Crippen LogP contribution in [0.3, 0.4) is 0 Å². The predicted molar refractivity (Wildman–Crippen MR) is 71.3 cm³/mol. The normalized spacial score (nSPS) is 10.7. The zero-order valence-electron chi connectivity index (χ0n) is 10.4. The maximum absolute atomic E-state index is 12.9. The van der Waals surface area contributed by atoms with Crippen LogP contribution >= 0.6 is 11.6 Å². The Labute approximate surface area is 111 Å². The highest BCUT2D eigenvalue weighted by molar-refractivity contribution is 6.33. The summed E-state index contributed by atoms with van der Waals surface area (Å²) in [5, 5.41) is 7.92. The summed E-state index contributed by atoms with van der Waals surface area (Å²) in [5.41, 5.74) is 2.84. The van der Waals surface area contributed by atoms with Crippen molar-refractivity contribution in [1.82, 2.24) is 9.78 Å². The van der Waals surface area contributed by atoms with E-state index in [2.05, 4.69) is 17.3 Å². The molecule has 0 spiro atoms. The van der Waals surface area contributed by atoms with Gasteiger partial charge in [-0.05, 0) is 30.7 Å². The van der Waals surface area contributed by atoms with Crippen molar-refractivity contribution in [1.29, 1.82) is 0 Å². The molecule has 0 saturated heterocycles. The van der Waals surface area contributed by atoms with Gasteiger partial charge in [0.25, 0.3) is 0 Å². The minimum absolute atomic E-state index is 0.334. The Hall–Kier alpha value is -1.55. The zero-order valence-corrected chi connectivity index (χ0v) is 11.1. The van der Waals surface area contributed by atoms with E-state index >= 15 is 0 Å². The van der Waals surface area contributed by atoms with E-state index in [9.17, 15) is 4.39 Å². The number of anilines is 1. The lowest BCUT2D eigenvalue weighted by Crippen LogP contribution is -2.05. The minimum Gasteiger partial charge on any atom is -0.378 e. The van der Waals surface area contributed by atoms with Crippen LogP contribution in [0.4, 0.5) is 10.1 Å². The van der Waals surface area contributed by atoms with Crippen LogP contribution in [0, 0.1) is 5.82 Å². The summed E-state index contributed by atoms with van der Waals surface area (Å²) in [4.78, 5) is 0. The molecule has 5 heteroatoms. The molecule has 1 N–H and O–H groups in total. The topological polar surface area (TPSA) is 29.9 Å². The monoisotopic (exact) mass is 267 g/mol. The van der Waals surface area contributed by atoms with Gasteiger partial charge in [0.2, 0.25) is 0 Å². The standard InChI is InChI=1S/C13H15ClFN3/c1-3-10-7-11(18(2)17-10)8-16-13-5-4-9(15)6-12(13)14/h4-7,16H,3,8H2,1-2H3. The molecule has 0 unspecified atom stereocenters. The fraction of sp³-hybridized carbons (Fsp3) is 0.308. The molecule has 0 aliphatic carbocycles. The molecule has 0 atom stereocenters. The first-order valence-corrected chi connectivity index (χ1v) is 6.18. The van der Waals surface area contributed by atoms with E-state index < -0.39 is 0 Å². The lowest BCUT2D eigenvalue weighted by atomic mass is 10.3. The smallest absolute Gasteiger partial charge is 0.124 e. The van der Waals surface area contributed by atoms with Gasteiger partial charge in [-0.25, -0.2) is 4.39 Å². The Bertz CT molecular complexity index is 551. The molecule has 0 aliphatic rings. The van der Waals surface area contributed by atoms with Crippen molar-refractivity contribution in [2.45, 2.75) is 19.9 Å². The molecule has 96 valence electrons. The summed E-state index contributed by atoms with van der Waals surface area (Å²) in [6.07, 6.45) is 0.908. The predicted octanol–water partition coefficient (Wildman–Crippen LogP) is 3.39. The quantitative estimate of drug-likeness (QED) is 0.920. The van der Waals surface area contributed by atoms with Crippen molar-refractivity contribution in [3.05, 3.63) is 46.5 Å². The van der Waals surface area contributed by atoms with Gasteiger partial charge in [0.15, 0.2) is 0 Å². The Morgan fingerprint density at radius 3 is 2.78 bits per heavy atom. The number of aromatic nitrogens is 2. The fourth-order valence-electron chi connectivity index (χ4n) is 1.73. The summed E-state index contributed by atoms with van der Waals surface area (Å²) >= 11 is 5.94. The molecule has 0 fully saturated rings. The molecule has 0 aliphatic heterocycles.